The lowest BCUT2D eigenvalue weighted by Crippen LogP contribution is -2.51. The Morgan fingerprint density at radius 3 is 2.08 bits per heavy atom. The van der Waals surface area contributed by atoms with Gasteiger partial charge in [0.1, 0.15) is 0 Å². The molecule has 0 radical (unpaired) electrons. The molecule has 2 fully saturated rings. The Bertz CT molecular complexity index is 1190. The van der Waals surface area contributed by atoms with Crippen LogP contribution < -0.4 is 0 Å². The zero-order chi connectivity index (χ0) is 28.5. The van der Waals surface area contributed by atoms with E-state index in [4.69, 9.17) is 0 Å². The Morgan fingerprint density at radius 1 is 0.900 bits per heavy atom. The highest BCUT2D eigenvalue weighted by molar-refractivity contribution is 7.89. The molecule has 1 atom stereocenters. The summed E-state index contributed by atoms with van der Waals surface area (Å²) in [5.74, 6) is 0.811. The summed E-state index contributed by atoms with van der Waals surface area (Å²) in [6, 6.07) is 19.8. The van der Waals surface area contributed by atoms with E-state index in [0.717, 1.165) is 57.5 Å². The van der Waals surface area contributed by atoms with Crippen molar-refractivity contribution in [3.8, 4) is 0 Å². The topological polar surface area (TPSA) is 78.0 Å². The molecule has 2 aliphatic heterocycles. The Labute approximate surface area is 240 Å². The van der Waals surface area contributed by atoms with Crippen LogP contribution >= 0.6 is 0 Å². The van der Waals surface area contributed by atoms with Crippen molar-refractivity contribution in [3.05, 3.63) is 71.8 Å². The van der Waals surface area contributed by atoms with Crippen molar-refractivity contribution in [3.63, 3.8) is 0 Å². The first-order valence-corrected chi connectivity index (χ1v) is 16.5. The van der Waals surface area contributed by atoms with Gasteiger partial charge in [-0.1, -0.05) is 67.6 Å². The first-order chi connectivity index (χ1) is 19.3. The molecule has 2 aromatic rings. The Balaban J connectivity index is 1.38. The molecule has 218 valence electrons. The molecule has 0 aliphatic carbocycles. The lowest BCUT2D eigenvalue weighted by Gasteiger charge is -2.39. The number of piperidine rings is 2. The number of carbonyl (C=O) groups excluding carboxylic acids is 2. The molecule has 2 heterocycles. The molecular weight excluding hydrogens is 522 g/mol. The quantitative estimate of drug-likeness (QED) is 0.394. The van der Waals surface area contributed by atoms with Crippen LogP contribution in [0.3, 0.4) is 0 Å². The van der Waals surface area contributed by atoms with Crippen molar-refractivity contribution in [2.75, 3.05) is 38.5 Å². The third-order valence-corrected chi connectivity index (χ3v) is 10.7. The molecule has 2 aromatic carbocycles. The molecule has 0 aromatic heterocycles. The van der Waals surface area contributed by atoms with E-state index in [1.165, 1.54) is 9.87 Å². The van der Waals surface area contributed by atoms with Crippen molar-refractivity contribution in [2.45, 2.75) is 70.8 Å². The van der Waals surface area contributed by atoms with Gasteiger partial charge in [0.2, 0.25) is 21.8 Å². The predicted molar refractivity (Wildman–Crippen MR) is 159 cm³/mol. The largest absolute Gasteiger partial charge is 0.343 e. The highest BCUT2D eigenvalue weighted by atomic mass is 32.2. The molecule has 8 heteroatoms. The fourth-order valence-electron chi connectivity index (χ4n) is 6.48. The number of carbonyl (C=O) groups is 2. The van der Waals surface area contributed by atoms with E-state index in [9.17, 15) is 18.0 Å². The summed E-state index contributed by atoms with van der Waals surface area (Å²) in [6.45, 7) is 7.66. The predicted octanol–water partition coefficient (Wildman–Crippen LogP) is 4.69. The average Bonchev–Trinajstić information content (AvgIpc) is 2.95. The standard InChI is InChI=1S/C32H45N3O4S/c1-3-24-40(38,39)35(32(37)25-27-10-6-4-7-11-27)30-16-19-33(20-17-30)21-18-31(28-12-8-5-9-13-28)29-14-22-34(23-15-29)26(2)36/h4-13,29-31H,3,14-25H2,1-2H3. The summed E-state index contributed by atoms with van der Waals surface area (Å²) in [5, 5.41) is 0. The molecule has 0 spiro atoms. The smallest absolute Gasteiger partial charge is 0.240 e. The fraction of sp³-hybridized carbons (Fsp3) is 0.562. The van der Waals surface area contributed by atoms with E-state index in [1.54, 1.807) is 6.92 Å². The average molecular weight is 568 g/mol. The lowest BCUT2D eigenvalue weighted by molar-refractivity contribution is -0.130. The Kier molecular flexibility index (Phi) is 10.8. The lowest BCUT2D eigenvalue weighted by atomic mass is 9.78. The maximum atomic E-state index is 13.3. The summed E-state index contributed by atoms with van der Waals surface area (Å²) < 4.78 is 27.7. The Hall–Kier alpha value is -2.71. The molecule has 1 unspecified atom stereocenters. The van der Waals surface area contributed by atoms with E-state index < -0.39 is 10.0 Å². The van der Waals surface area contributed by atoms with Crippen molar-refractivity contribution in [1.82, 2.24) is 14.1 Å². The van der Waals surface area contributed by atoms with Crippen LogP contribution in [-0.2, 0) is 26.0 Å². The molecule has 0 bridgehead atoms. The molecule has 2 amide bonds. The van der Waals surface area contributed by atoms with Crippen LogP contribution in [0.25, 0.3) is 0 Å². The van der Waals surface area contributed by atoms with Crippen molar-refractivity contribution in [1.29, 1.82) is 0 Å². The molecule has 0 saturated carbocycles. The van der Waals surface area contributed by atoms with Crippen molar-refractivity contribution in [2.24, 2.45) is 5.92 Å². The molecule has 7 nitrogen and oxygen atoms in total. The number of amides is 2. The second-order valence-corrected chi connectivity index (χ2v) is 13.4. The molecule has 4 rings (SSSR count). The van der Waals surface area contributed by atoms with E-state index in [2.05, 4.69) is 35.2 Å². The van der Waals surface area contributed by atoms with E-state index in [0.29, 0.717) is 31.1 Å². The Morgan fingerprint density at radius 2 is 1.50 bits per heavy atom. The summed E-state index contributed by atoms with van der Waals surface area (Å²) in [7, 11) is -3.66. The third kappa shape index (κ3) is 7.94. The van der Waals surface area contributed by atoms with Gasteiger partial charge in [0.25, 0.3) is 0 Å². The van der Waals surface area contributed by atoms with Gasteiger partial charge < -0.3 is 9.80 Å². The van der Waals surface area contributed by atoms with Gasteiger partial charge >= 0.3 is 0 Å². The molecule has 2 aliphatic rings. The van der Waals surface area contributed by atoms with Crippen molar-refractivity contribution >= 4 is 21.8 Å². The highest BCUT2D eigenvalue weighted by Crippen LogP contribution is 2.36. The van der Waals surface area contributed by atoms with Gasteiger partial charge in [-0.3, -0.25) is 9.59 Å². The minimum absolute atomic E-state index is 0.00501. The normalized spacial score (nSPS) is 18.4. The maximum Gasteiger partial charge on any atom is 0.240 e. The number of nitrogens with zero attached hydrogens (tertiary/aromatic N) is 3. The van der Waals surface area contributed by atoms with Gasteiger partial charge in [0, 0.05) is 33.1 Å². The highest BCUT2D eigenvalue weighted by Gasteiger charge is 2.36. The van der Waals surface area contributed by atoms with Crippen LogP contribution in [0.1, 0.15) is 69.4 Å². The monoisotopic (exact) mass is 567 g/mol. The molecule has 2 saturated heterocycles. The van der Waals surface area contributed by atoms with Crippen LogP contribution in [-0.4, -0.2) is 78.9 Å². The zero-order valence-electron chi connectivity index (χ0n) is 24.1. The fourth-order valence-corrected chi connectivity index (χ4v) is 8.23. The summed E-state index contributed by atoms with van der Waals surface area (Å²) in [6.07, 6.45) is 4.99. The van der Waals surface area contributed by atoms with Crippen LogP contribution in [0.5, 0.6) is 0 Å². The molecular formula is C32H45N3O4S. The number of likely N-dealkylation sites (tertiary alicyclic amines) is 2. The van der Waals surface area contributed by atoms with Crippen LogP contribution in [0.15, 0.2) is 60.7 Å². The van der Waals surface area contributed by atoms with Gasteiger partial charge in [0.05, 0.1) is 18.2 Å². The second-order valence-electron chi connectivity index (χ2n) is 11.4. The third-order valence-electron chi connectivity index (χ3n) is 8.63. The first-order valence-electron chi connectivity index (χ1n) is 14.9. The summed E-state index contributed by atoms with van der Waals surface area (Å²) in [4.78, 5) is 29.6. The molecule has 0 N–H and O–H groups in total. The number of sulfonamides is 1. The number of rotatable bonds is 11. The minimum Gasteiger partial charge on any atom is -0.343 e. The van der Waals surface area contributed by atoms with E-state index >= 15 is 0 Å². The van der Waals surface area contributed by atoms with Gasteiger partial charge in [-0.15, -0.1) is 0 Å². The SMILES string of the molecule is CCCS(=O)(=O)N(C(=O)Cc1ccccc1)C1CCN(CCC(c2ccccc2)C2CCN(C(C)=O)CC2)CC1. The maximum absolute atomic E-state index is 13.3. The van der Waals surface area contributed by atoms with Crippen LogP contribution in [0, 0.1) is 5.92 Å². The van der Waals surface area contributed by atoms with Crippen LogP contribution in [0.2, 0.25) is 0 Å². The van der Waals surface area contributed by atoms with Crippen LogP contribution in [0.4, 0.5) is 0 Å². The zero-order valence-corrected chi connectivity index (χ0v) is 24.9. The number of hydrogen-bond donors (Lipinski definition) is 0. The second kappa shape index (κ2) is 14.3. The number of benzene rings is 2. The van der Waals surface area contributed by atoms with Crippen molar-refractivity contribution < 1.29 is 18.0 Å². The van der Waals surface area contributed by atoms with E-state index in [-0.39, 0.29) is 30.0 Å². The van der Waals surface area contributed by atoms with Gasteiger partial charge in [-0.25, -0.2) is 12.7 Å². The molecule has 40 heavy (non-hydrogen) atoms. The first kappa shape index (κ1) is 30.3. The van der Waals surface area contributed by atoms with Gasteiger partial charge in [-0.2, -0.15) is 0 Å². The summed E-state index contributed by atoms with van der Waals surface area (Å²) >= 11 is 0. The van der Waals surface area contributed by atoms with Gasteiger partial charge in [0.15, 0.2) is 0 Å². The minimum atomic E-state index is -3.66. The number of hydrogen-bond acceptors (Lipinski definition) is 5. The van der Waals surface area contributed by atoms with E-state index in [1.807, 2.05) is 42.2 Å². The van der Waals surface area contributed by atoms with Gasteiger partial charge in [-0.05, 0) is 68.0 Å². The summed E-state index contributed by atoms with van der Waals surface area (Å²) in [5.41, 5.74) is 2.20.